The van der Waals surface area contributed by atoms with Crippen molar-refractivity contribution in [2.24, 2.45) is 5.16 Å². The molecule has 144 valence electrons. The van der Waals surface area contributed by atoms with Crippen molar-refractivity contribution in [3.63, 3.8) is 0 Å². The quantitative estimate of drug-likeness (QED) is 0.470. The molecular formula is C16H21N7O3S. The van der Waals surface area contributed by atoms with Gasteiger partial charge >= 0.3 is 0 Å². The monoisotopic (exact) mass is 391 g/mol. The van der Waals surface area contributed by atoms with Gasteiger partial charge in [-0.1, -0.05) is 5.16 Å². The molecule has 0 saturated carbocycles. The minimum Gasteiger partial charge on any atom is -0.399 e. The van der Waals surface area contributed by atoms with Gasteiger partial charge in [0.1, 0.15) is 29.9 Å². The fourth-order valence-corrected chi connectivity index (χ4v) is 4.10. The van der Waals surface area contributed by atoms with E-state index in [1.165, 1.54) is 13.3 Å². The van der Waals surface area contributed by atoms with Crippen molar-refractivity contribution in [2.75, 3.05) is 19.1 Å². The molecule has 10 nitrogen and oxygen atoms in total. The largest absolute Gasteiger partial charge is 0.399 e. The molecule has 0 aliphatic heterocycles. The van der Waals surface area contributed by atoms with Gasteiger partial charge in [-0.15, -0.1) is 0 Å². The van der Waals surface area contributed by atoms with Gasteiger partial charge in [0, 0.05) is 18.3 Å². The van der Waals surface area contributed by atoms with E-state index in [1.54, 1.807) is 32.2 Å². The lowest BCUT2D eigenvalue weighted by atomic mass is 10.1. The predicted octanol–water partition coefficient (Wildman–Crippen LogP) is 0.870. The van der Waals surface area contributed by atoms with Crippen molar-refractivity contribution in [1.29, 1.82) is 0 Å². The number of nitrogens with one attached hydrogen (secondary N) is 1. The highest BCUT2D eigenvalue weighted by Crippen LogP contribution is 2.28. The molecule has 0 spiro atoms. The van der Waals surface area contributed by atoms with E-state index in [9.17, 15) is 8.42 Å². The lowest BCUT2D eigenvalue weighted by molar-refractivity contribution is 0.215. The lowest BCUT2D eigenvalue weighted by Crippen LogP contribution is -2.46. The normalized spacial score (nSPS) is 13.0. The number of pyridine rings is 2. The number of nitrogen functional groups attached to an aromatic ring is 1. The second kappa shape index (κ2) is 6.74. The van der Waals surface area contributed by atoms with Crippen LogP contribution in [-0.2, 0) is 21.4 Å². The van der Waals surface area contributed by atoms with Crippen molar-refractivity contribution < 1.29 is 13.3 Å². The molecule has 3 aromatic heterocycles. The molecule has 3 heterocycles. The molecule has 0 amide bonds. The first-order chi connectivity index (χ1) is 12.6. The number of oxime groups is 1. The number of aromatic nitrogens is 4. The molecule has 0 aliphatic carbocycles. The summed E-state index contributed by atoms with van der Waals surface area (Å²) in [6, 6.07) is 3.57. The van der Waals surface area contributed by atoms with Gasteiger partial charge in [0.05, 0.1) is 11.8 Å². The van der Waals surface area contributed by atoms with Crippen LogP contribution >= 0.6 is 0 Å². The summed E-state index contributed by atoms with van der Waals surface area (Å²) in [4.78, 5) is 18.0. The SMILES string of the molecule is CO/N=C/c1nc2c(N)nc3cccnc3c2n1CC(C)(C)NS(C)(=O)=O. The summed E-state index contributed by atoms with van der Waals surface area (Å²) < 4.78 is 27.9. The fourth-order valence-electron chi connectivity index (χ4n) is 3.03. The maximum atomic E-state index is 11.7. The Morgan fingerprint density at radius 3 is 2.78 bits per heavy atom. The van der Waals surface area contributed by atoms with E-state index in [0.29, 0.717) is 27.9 Å². The van der Waals surface area contributed by atoms with Crippen molar-refractivity contribution in [3.8, 4) is 0 Å². The van der Waals surface area contributed by atoms with Crippen molar-refractivity contribution in [1.82, 2.24) is 24.2 Å². The molecule has 0 aliphatic rings. The topological polar surface area (TPSA) is 137 Å². The summed E-state index contributed by atoms with van der Waals surface area (Å²) in [6.45, 7) is 3.81. The second-order valence-electron chi connectivity index (χ2n) is 6.80. The maximum absolute atomic E-state index is 11.7. The van der Waals surface area contributed by atoms with Crippen LogP contribution < -0.4 is 10.5 Å². The molecule has 11 heteroatoms. The number of anilines is 1. The van der Waals surface area contributed by atoms with Gasteiger partial charge in [-0.3, -0.25) is 4.98 Å². The summed E-state index contributed by atoms with van der Waals surface area (Å²) in [5.41, 5.74) is 7.64. The number of hydrogen-bond donors (Lipinski definition) is 2. The maximum Gasteiger partial charge on any atom is 0.209 e. The van der Waals surface area contributed by atoms with Gasteiger partial charge in [-0.05, 0) is 26.0 Å². The highest BCUT2D eigenvalue weighted by molar-refractivity contribution is 7.88. The Morgan fingerprint density at radius 1 is 1.37 bits per heavy atom. The van der Waals surface area contributed by atoms with E-state index >= 15 is 0 Å². The van der Waals surface area contributed by atoms with E-state index in [0.717, 1.165) is 6.26 Å². The minimum atomic E-state index is -3.41. The molecule has 0 unspecified atom stereocenters. The number of nitrogens with zero attached hydrogens (tertiary/aromatic N) is 5. The fraction of sp³-hybridized carbons (Fsp3) is 0.375. The van der Waals surface area contributed by atoms with Crippen LogP contribution in [0.1, 0.15) is 19.7 Å². The van der Waals surface area contributed by atoms with Crippen LogP contribution in [0.2, 0.25) is 0 Å². The first-order valence-corrected chi connectivity index (χ1v) is 9.96. The standard InChI is InChI=1S/C16H21N7O3S/c1-16(2,22-27(4,24)25)9-23-11(8-19-26-3)21-13-14(23)12-10(20-15(13)17)6-5-7-18-12/h5-8,22H,9H2,1-4H3,(H2,17,20)/b19-8+. The summed E-state index contributed by atoms with van der Waals surface area (Å²) >= 11 is 0. The van der Waals surface area contributed by atoms with Crippen LogP contribution in [-0.4, -0.2) is 53.1 Å². The summed E-state index contributed by atoms with van der Waals surface area (Å²) in [7, 11) is -1.99. The highest BCUT2D eigenvalue weighted by Gasteiger charge is 2.26. The molecular weight excluding hydrogens is 370 g/mol. The molecule has 0 atom stereocenters. The van der Waals surface area contributed by atoms with Crippen LogP contribution in [0.4, 0.5) is 5.82 Å². The number of nitrogens with two attached hydrogens (primary N) is 1. The lowest BCUT2D eigenvalue weighted by Gasteiger charge is -2.26. The number of sulfonamides is 1. The first-order valence-electron chi connectivity index (χ1n) is 8.07. The zero-order valence-corrected chi connectivity index (χ0v) is 16.3. The number of imidazole rings is 1. The van der Waals surface area contributed by atoms with Gasteiger partial charge in [-0.2, -0.15) is 0 Å². The molecule has 3 N–H and O–H groups in total. The van der Waals surface area contributed by atoms with Crippen LogP contribution in [0.5, 0.6) is 0 Å². The number of rotatable bonds is 6. The minimum absolute atomic E-state index is 0.255. The van der Waals surface area contributed by atoms with Crippen LogP contribution in [0.15, 0.2) is 23.5 Å². The predicted molar refractivity (Wildman–Crippen MR) is 104 cm³/mol. The summed E-state index contributed by atoms with van der Waals surface area (Å²) in [5, 5.41) is 3.78. The second-order valence-corrected chi connectivity index (χ2v) is 8.55. The van der Waals surface area contributed by atoms with Crippen LogP contribution in [0, 0.1) is 0 Å². The van der Waals surface area contributed by atoms with Gasteiger partial charge < -0.3 is 15.1 Å². The smallest absolute Gasteiger partial charge is 0.209 e. The number of fused-ring (bicyclic) bond motifs is 3. The Kier molecular flexibility index (Phi) is 4.74. The van der Waals surface area contributed by atoms with Crippen LogP contribution in [0.3, 0.4) is 0 Å². The van der Waals surface area contributed by atoms with E-state index < -0.39 is 15.6 Å². The molecule has 0 bridgehead atoms. The zero-order valence-electron chi connectivity index (χ0n) is 15.5. The van der Waals surface area contributed by atoms with Crippen LogP contribution in [0.25, 0.3) is 22.1 Å². The van der Waals surface area contributed by atoms with E-state index in [1.807, 2.05) is 4.57 Å². The van der Waals surface area contributed by atoms with Crippen molar-refractivity contribution >= 4 is 44.1 Å². The highest BCUT2D eigenvalue weighted by atomic mass is 32.2. The summed E-state index contributed by atoms with van der Waals surface area (Å²) in [6.07, 6.45) is 4.21. The molecule has 27 heavy (non-hydrogen) atoms. The zero-order chi connectivity index (χ0) is 19.8. The molecule has 0 radical (unpaired) electrons. The van der Waals surface area contributed by atoms with E-state index in [-0.39, 0.29) is 12.4 Å². The van der Waals surface area contributed by atoms with Gasteiger partial charge in [0.15, 0.2) is 11.6 Å². The van der Waals surface area contributed by atoms with Gasteiger partial charge in [-0.25, -0.2) is 23.1 Å². The molecule has 3 aromatic rings. The van der Waals surface area contributed by atoms with Gasteiger partial charge in [0.2, 0.25) is 10.0 Å². The number of hydrogen-bond acceptors (Lipinski definition) is 8. The third-order valence-electron chi connectivity index (χ3n) is 3.78. The van der Waals surface area contributed by atoms with E-state index in [2.05, 4.69) is 24.8 Å². The first kappa shape index (κ1) is 19.0. The average Bonchev–Trinajstić information content (AvgIpc) is 2.89. The Hall–Kier alpha value is -2.79. The molecule has 3 rings (SSSR count). The van der Waals surface area contributed by atoms with Crippen molar-refractivity contribution in [2.45, 2.75) is 25.9 Å². The third kappa shape index (κ3) is 3.98. The van der Waals surface area contributed by atoms with E-state index in [4.69, 9.17) is 10.6 Å². The Balaban J connectivity index is 2.29. The Morgan fingerprint density at radius 2 is 2.11 bits per heavy atom. The Bertz CT molecular complexity index is 1140. The van der Waals surface area contributed by atoms with Crippen molar-refractivity contribution in [3.05, 3.63) is 24.2 Å². The Labute approximate surface area is 156 Å². The third-order valence-corrected chi connectivity index (χ3v) is 4.70. The van der Waals surface area contributed by atoms with Gasteiger partial charge in [0.25, 0.3) is 0 Å². The molecule has 0 saturated heterocycles. The molecule has 0 aromatic carbocycles. The average molecular weight is 391 g/mol. The molecule has 0 fully saturated rings. The summed E-state index contributed by atoms with van der Waals surface area (Å²) in [5.74, 6) is 0.701.